The molecule has 2 N–H and O–H groups in total. The van der Waals surface area contributed by atoms with E-state index in [1.54, 1.807) is 14.0 Å². The molecule has 6 heteroatoms. The van der Waals surface area contributed by atoms with Gasteiger partial charge in [-0.1, -0.05) is 17.7 Å². The monoisotopic (exact) mass is 303 g/mol. The number of aliphatic hydroxyl groups excluding tert-OH is 1. The van der Waals surface area contributed by atoms with Crippen LogP contribution in [0.3, 0.4) is 0 Å². The standard InChI is InChI=1S/C16H21N3O3/c1-11-4-6-13(7-5-11)15-18-14(10-22-15)8-17-16(21)19(3)9-12(2)20/h4-7,10,12,20H,8-9H2,1-3H3,(H,17,21). The van der Waals surface area contributed by atoms with Gasteiger partial charge < -0.3 is 19.7 Å². The lowest BCUT2D eigenvalue weighted by Crippen LogP contribution is -2.40. The van der Waals surface area contributed by atoms with E-state index in [1.807, 2.05) is 31.2 Å². The number of benzene rings is 1. The summed E-state index contributed by atoms with van der Waals surface area (Å²) in [7, 11) is 1.63. The van der Waals surface area contributed by atoms with Crippen molar-refractivity contribution in [2.45, 2.75) is 26.5 Å². The minimum atomic E-state index is -0.559. The first-order valence-corrected chi connectivity index (χ1v) is 7.14. The molecule has 0 bridgehead atoms. The minimum Gasteiger partial charge on any atom is -0.444 e. The third-order valence-electron chi connectivity index (χ3n) is 3.16. The number of nitrogens with one attached hydrogen (secondary N) is 1. The molecule has 1 atom stereocenters. The quantitative estimate of drug-likeness (QED) is 0.887. The Morgan fingerprint density at radius 1 is 1.41 bits per heavy atom. The van der Waals surface area contributed by atoms with Crippen LogP contribution in [0.1, 0.15) is 18.2 Å². The van der Waals surface area contributed by atoms with Crippen molar-refractivity contribution in [1.82, 2.24) is 15.2 Å². The number of aromatic nitrogens is 1. The van der Waals surface area contributed by atoms with E-state index >= 15 is 0 Å². The van der Waals surface area contributed by atoms with Crippen LogP contribution in [0.4, 0.5) is 4.79 Å². The van der Waals surface area contributed by atoms with Gasteiger partial charge in [-0.3, -0.25) is 0 Å². The van der Waals surface area contributed by atoms with Gasteiger partial charge in [0.25, 0.3) is 0 Å². The number of hydrogen-bond acceptors (Lipinski definition) is 4. The first kappa shape index (κ1) is 16.0. The number of oxazole rings is 1. The number of aliphatic hydroxyl groups is 1. The molecule has 0 aliphatic carbocycles. The summed E-state index contributed by atoms with van der Waals surface area (Å²) in [6.45, 7) is 4.21. The predicted molar refractivity (Wildman–Crippen MR) is 83.2 cm³/mol. The van der Waals surface area contributed by atoms with Crippen LogP contribution in [0.2, 0.25) is 0 Å². The Bertz CT molecular complexity index is 620. The number of carbonyl (C=O) groups excluding carboxylic acids is 1. The summed E-state index contributed by atoms with van der Waals surface area (Å²) in [5.41, 5.74) is 2.72. The Labute approximate surface area is 129 Å². The molecule has 1 heterocycles. The zero-order chi connectivity index (χ0) is 16.1. The largest absolute Gasteiger partial charge is 0.444 e. The number of nitrogens with zero attached hydrogens (tertiary/aromatic N) is 2. The molecule has 0 aliphatic rings. The van der Waals surface area contributed by atoms with Crippen molar-refractivity contribution in [2.75, 3.05) is 13.6 Å². The summed E-state index contributed by atoms with van der Waals surface area (Å²) in [6.07, 6.45) is 0.973. The summed E-state index contributed by atoms with van der Waals surface area (Å²) in [4.78, 5) is 17.6. The molecule has 22 heavy (non-hydrogen) atoms. The van der Waals surface area contributed by atoms with E-state index in [0.29, 0.717) is 11.6 Å². The van der Waals surface area contributed by atoms with Gasteiger partial charge in [0, 0.05) is 19.2 Å². The average molecular weight is 303 g/mol. The van der Waals surface area contributed by atoms with E-state index in [2.05, 4.69) is 10.3 Å². The van der Waals surface area contributed by atoms with Gasteiger partial charge in [0.1, 0.15) is 6.26 Å². The second kappa shape index (κ2) is 7.09. The van der Waals surface area contributed by atoms with E-state index in [1.165, 1.54) is 16.7 Å². The molecule has 2 aromatic rings. The molecule has 0 fully saturated rings. The summed E-state index contributed by atoms with van der Waals surface area (Å²) in [6, 6.07) is 7.61. The van der Waals surface area contributed by atoms with Crippen molar-refractivity contribution in [2.24, 2.45) is 0 Å². The molecular weight excluding hydrogens is 282 g/mol. The van der Waals surface area contributed by atoms with Crippen LogP contribution >= 0.6 is 0 Å². The number of rotatable bonds is 5. The molecule has 0 saturated carbocycles. The van der Waals surface area contributed by atoms with Crippen LogP contribution in [0.25, 0.3) is 11.5 Å². The maximum atomic E-state index is 11.8. The smallest absolute Gasteiger partial charge is 0.317 e. The molecule has 0 spiro atoms. The van der Waals surface area contributed by atoms with Crippen LogP contribution in [-0.2, 0) is 6.54 Å². The number of urea groups is 1. The molecule has 0 aliphatic heterocycles. The number of likely N-dealkylation sites (N-methyl/N-ethyl adjacent to an activating group) is 1. The summed E-state index contributed by atoms with van der Waals surface area (Å²) in [5, 5.41) is 12.0. The van der Waals surface area contributed by atoms with Gasteiger partial charge >= 0.3 is 6.03 Å². The average Bonchev–Trinajstić information content (AvgIpc) is 2.93. The van der Waals surface area contributed by atoms with E-state index in [0.717, 1.165) is 5.56 Å². The summed E-state index contributed by atoms with van der Waals surface area (Å²) < 4.78 is 5.43. The first-order chi connectivity index (χ1) is 10.5. The van der Waals surface area contributed by atoms with Crippen molar-refractivity contribution in [3.8, 4) is 11.5 Å². The fraction of sp³-hybridized carbons (Fsp3) is 0.375. The van der Waals surface area contributed by atoms with Crippen LogP contribution in [0.15, 0.2) is 34.9 Å². The SMILES string of the molecule is Cc1ccc(-c2nc(CNC(=O)N(C)CC(C)O)co2)cc1. The molecule has 2 amide bonds. The highest BCUT2D eigenvalue weighted by molar-refractivity contribution is 5.73. The van der Waals surface area contributed by atoms with Gasteiger partial charge in [-0.05, 0) is 26.0 Å². The van der Waals surface area contributed by atoms with Crippen LogP contribution in [0.5, 0.6) is 0 Å². The molecule has 0 radical (unpaired) electrons. The minimum absolute atomic E-state index is 0.263. The maximum Gasteiger partial charge on any atom is 0.317 e. The van der Waals surface area contributed by atoms with E-state index in [-0.39, 0.29) is 19.1 Å². The molecule has 0 saturated heterocycles. The first-order valence-electron chi connectivity index (χ1n) is 7.14. The van der Waals surface area contributed by atoms with Crippen molar-refractivity contribution >= 4 is 6.03 Å². The second-order valence-corrected chi connectivity index (χ2v) is 5.40. The van der Waals surface area contributed by atoms with E-state index < -0.39 is 6.10 Å². The number of amides is 2. The topological polar surface area (TPSA) is 78.6 Å². The molecule has 1 aromatic heterocycles. The maximum absolute atomic E-state index is 11.8. The molecule has 6 nitrogen and oxygen atoms in total. The Hall–Kier alpha value is -2.34. The highest BCUT2D eigenvalue weighted by atomic mass is 16.3. The van der Waals surface area contributed by atoms with Crippen molar-refractivity contribution in [3.05, 3.63) is 41.8 Å². The number of hydrogen-bond donors (Lipinski definition) is 2. The Morgan fingerprint density at radius 2 is 2.09 bits per heavy atom. The third-order valence-corrected chi connectivity index (χ3v) is 3.16. The molecule has 118 valence electrons. The fourth-order valence-electron chi connectivity index (χ4n) is 2.00. The summed E-state index contributed by atoms with van der Waals surface area (Å²) >= 11 is 0. The predicted octanol–water partition coefficient (Wildman–Crippen LogP) is 2.17. The number of carbonyl (C=O) groups is 1. The van der Waals surface area contributed by atoms with Crippen LogP contribution < -0.4 is 5.32 Å². The van der Waals surface area contributed by atoms with E-state index in [9.17, 15) is 9.90 Å². The van der Waals surface area contributed by atoms with Gasteiger partial charge in [0.15, 0.2) is 0 Å². The number of aryl methyl sites for hydroxylation is 1. The lowest BCUT2D eigenvalue weighted by Gasteiger charge is -2.18. The molecule has 2 rings (SSSR count). The fourth-order valence-corrected chi connectivity index (χ4v) is 2.00. The van der Waals surface area contributed by atoms with Crippen LogP contribution in [0, 0.1) is 6.92 Å². The highest BCUT2D eigenvalue weighted by Gasteiger charge is 2.12. The zero-order valence-electron chi connectivity index (χ0n) is 13.0. The zero-order valence-corrected chi connectivity index (χ0v) is 13.0. The Morgan fingerprint density at radius 3 is 2.73 bits per heavy atom. The summed E-state index contributed by atoms with van der Waals surface area (Å²) in [5.74, 6) is 0.529. The lowest BCUT2D eigenvalue weighted by atomic mass is 10.1. The molecule has 1 unspecified atom stereocenters. The van der Waals surface area contributed by atoms with Gasteiger partial charge in [-0.2, -0.15) is 0 Å². The van der Waals surface area contributed by atoms with Gasteiger partial charge in [0.05, 0.1) is 18.3 Å². The molecule has 1 aromatic carbocycles. The second-order valence-electron chi connectivity index (χ2n) is 5.40. The van der Waals surface area contributed by atoms with E-state index in [4.69, 9.17) is 4.42 Å². The van der Waals surface area contributed by atoms with Crippen LogP contribution in [-0.4, -0.2) is 40.7 Å². The lowest BCUT2D eigenvalue weighted by molar-refractivity contribution is 0.143. The third kappa shape index (κ3) is 4.33. The van der Waals surface area contributed by atoms with Crippen molar-refractivity contribution < 1.29 is 14.3 Å². The Kier molecular flexibility index (Phi) is 5.16. The van der Waals surface area contributed by atoms with Gasteiger partial charge in [-0.25, -0.2) is 9.78 Å². The highest BCUT2D eigenvalue weighted by Crippen LogP contribution is 2.18. The molecular formula is C16H21N3O3. The van der Waals surface area contributed by atoms with Crippen molar-refractivity contribution in [1.29, 1.82) is 0 Å². The van der Waals surface area contributed by atoms with Gasteiger partial charge in [-0.15, -0.1) is 0 Å². The normalized spacial score (nSPS) is 12.0. The van der Waals surface area contributed by atoms with Crippen molar-refractivity contribution in [3.63, 3.8) is 0 Å². The van der Waals surface area contributed by atoms with Gasteiger partial charge in [0.2, 0.25) is 5.89 Å². The Balaban J connectivity index is 1.92.